The molecule has 0 bridgehead atoms. The van der Waals surface area contributed by atoms with E-state index < -0.39 is 11.9 Å². The van der Waals surface area contributed by atoms with Crippen LogP contribution in [0.3, 0.4) is 0 Å². The van der Waals surface area contributed by atoms with Crippen LogP contribution in [0.25, 0.3) is 0 Å². The summed E-state index contributed by atoms with van der Waals surface area (Å²) in [6, 6.07) is 17.2. The fourth-order valence-electron chi connectivity index (χ4n) is 3.54. The van der Waals surface area contributed by atoms with Crippen LogP contribution in [0, 0.1) is 5.82 Å². The van der Waals surface area contributed by atoms with Gasteiger partial charge in [-0.3, -0.25) is 9.59 Å². The van der Waals surface area contributed by atoms with Crippen LogP contribution < -0.4 is 19.5 Å². The summed E-state index contributed by atoms with van der Waals surface area (Å²) in [6.07, 6.45) is 0. The van der Waals surface area contributed by atoms with Crippen LogP contribution in [0.5, 0.6) is 17.2 Å². The Labute approximate surface area is 207 Å². The van der Waals surface area contributed by atoms with Crippen LogP contribution in [0.2, 0.25) is 5.02 Å². The maximum Gasteiger partial charge on any atom is 0.261 e. The number of nitrogens with zero attached hydrogens (tertiary/aromatic N) is 1. The van der Waals surface area contributed by atoms with E-state index in [1.807, 2.05) is 6.07 Å². The minimum absolute atomic E-state index is 0.101. The van der Waals surface area contributed by atoms with Gasteiger partial charge in [-0.25, -0.2) is 4.39 Å². The van der Waals surface area contributed by atoms with Crippen molar-refractivity contribution >= 4 is 23.4 Å². The molecule has 0 saturated heterocycles. The molecule has 0 saturated carbocycles. The van der Waals surface area contributed by atoms with Gasteiger partial charge in [-0.15, -0.1) is 0 Å². The van der Waals surface area contributed by atoms with Gasteiger partial charge >= 0.3 is 0 Å². The van der Waals surface area contributed by atoms with E-state index in [0.29, 0.717) is 27.8 Å². The van der Waals surface area contributed by atoms with Crippen molar-refractivity contribution in [2.45, 2.75) is 26.1 Å². The second-order valence-corrected chi connectivity index (χ2v) is 8.36. The number of hydrogen-bond acceptors (Lipinski definition) is 5. The van der Waals surface area contributed by atoms with E-state index in [4.69, 9.17) is 25.8 Å². The van der Waals surface area contributed by atoms with Gasteiger partial charge < -0.3 is 24.4 Å². The van der Waals surface area contributed by atoms with E-state index >= 15 is 0 Å². The van der Waals surface area contributed by atoms with Crippen LogP contribution >= 0.6 is 11.6 Å². The van der Waals surface area contributed by atoms with Crippen molar-refractivity contribution < 1.29 is 28.2 Å². The Bertz CT molecular complexity index is 1200. The van der Waals surface area contributed by atoms with E-state index in [2.05, 4.69) is 5.32 Å². The number of carbonyl (C=O) groups is 2. The first kappa shape index (κ1) is 24.3. The predicted molar refractivity (Wildman–Crippen MR) is 128 cm³/mol. The highest BCUT2D eigenvalue weighted by Gasteiger charge is 2.27. The molecule has 1 atom stereocenters. The van der Waals surface area contributed by atoms with Crippen molar-refractivity contribution in [1.29, 1.82) is 0 Å². The molecule has 1 N–H and O–H groups in total. The molecule has 7 nitrogen and oxygen atoms in total. The molecule has 4 rings (SSSR count). The van der Waals surface area contributed by atoms with Crippen LogP contribution in [-0.2, 0) is 22.7 Å². The summed E-state index contributed by atoms with van der Waals surface area (Å²) in [5.41, 5.74) is 1.50. The molecule has 2 amide bonds. The van der Waals surface area contributed by atoms with Gasteiger partial charge in [-0.1, -0.05) is 41.9 Å². The first-order chi connectivity index (χ1) is 16.9. The third kappa shape index (κ3) is 6.22. The molecule has 1 aliphatic rings. The average molecular weight is 499 g/mol. The number of amides is 2. The molecular weight excluding hydrogens is 475 g/mol. The molecule has 3 aromatic carbocycles. The highest BCUT2D eigenvalue weighted by molar-refractivity contribution is 6.32. The van der Waals surface area contributed by atoms with E-state index in [1.165, 1.54) is 17.0 Å². The van der Waals surface area contributed by atoms with Gasteiger partial charge in [0, 0.05) is 13.1 Å². The van der Waals surface area contributed by atoms with Crippen LogP contribution in [0.1, 0.15) is 18.1 Å². The number of hydrogen-bond donors (Lipinski definition) is 1. The first-order valence-electron chi connectivity index (χ1n) is 11.0. The number of para-hydroxylation sites is 1. The molecular formula is C26H24ClFN2O5. The maximum atomic E-state index is 13.4. The van der Waals surface area contributed by atoms with Gasteiger partial charge in [-0.2, -0.15) is 0 Å². The van der Waals surface area contributed by atoms with Gasteiger partial charge in [0.05, 0.1) is 5.02 Å². The molecule has 3 aromatic rings. The minimum Gasteiger partial charge on any atom is -0.482 e. The van der Waals surface area contributed by atoms with Gasteiger partial charge in [0.2, 0.25) is 12.7 Å². The molecule has 0 spiro atoms. The third-order valence-electron chi connectivity index (χ3n) is 5.52. The highest BCUT2D eigenvalue weighted by atomic mass is 35.5. The zero-order valence-corrected chi connectivity index (χ0v) is 19.8. The summed E-state index contributed by atoms with van der Waals surface area (Å²) in [7, 11) is 0. The normalized spacial score (nSPS) is 12.7. The van der Waals surface area contributed by atoms with Crippen LogP contribution in [0.4, 0.5) is 4.39 Å². The lowest BCUT2D eigenvalue weighted by molar-refractivity contribution is -0.142. The largest absolute Gasteiger partial charge is 0.482 e. The van der Waals surface area contributed by atoms with Crippen molar-refractivity contribution in [1.82, 2.24) is 10.2 Å². The fourth-order valence-corrected chi connectivity index (χ4v) is 3.73. The van der Waals surface area contributed by atoms with Crippen LogP contribution in [-0.4, -0.2) is 36.2 Å². The zero-order valence-electron chi connectivity index (χ0n) is 19.0. The summed E-state index contributed by atoms with van der Waals surface area (Å²) < 4.78 is 29.6. The molecule has 0 radical (unpaired) electrons. The maximum absolute atomic E-state index is 13.4. The Morgan fingerprint density at radius 2 is 1.77 bits per heavy atom. The van der Waals surface area contributed by atoms with Crippen molar-refractivity contribution in [3.05, 3.63) is 88.7 Å². The van der Waals surface area contributed by atoms with Gasteiger partial charge in [0.25, 0.3) is 5.91 Å². The first-order valence-corrected chi connectivity index (χ1v) is 11.4. The molecule has 0 aromatic heterocycles. The summed E-state index contributed by atoms with van der Waals surface area (Å²) in [5, 5.41) is 3.23. The van der Waals surface area contributed by atoms with Crippen LogP contribution in [0.15, 0.2) is 66.7 Å². The Kier molecular flexibility index (Phi) is 7.72. The molecule has 182 valence electrons. The molecule has 0 unspecified atom stereocenters. The van der Waals surface area contributed by atoms with E-state index in [1.54, 1.807) is 55.5 Å². The third-order valence-corrected chi connectivity index (χ3v) is 5.84. The quantitative estimate of drug-likeness (QED) is 0.475. The highest BCUT2D eigenvalue weighted by Crippen LogP contribution is 2.32. The SMILES string of the molecule is C[C@H](C(=O)NCc1ccc2c(c1)OCO2)N(Cc1ccc(F)cc1)C(=O)COc1ccccc1Cl. The Hall–Kier alpha value is -3.78. The number of benzene rings is 3. The summed E-state index contributed by atoms with van der Waals surface area (Å²) in [4.78, 5) is 27.5. The number of fused-ring (bicyclic) bond motifs is 1. The lowest BCUT2D eigenvalue weighted by atomic mass is 10.1. The lowest BCUT2D eigenvalue weighted by Gasteiger charge is -2.29. The lowest BCUT2D eigenvalue weighted by Crippen LogP contribution is -2.48. The second-order valence-electron chi connectivity index (χ2n) is 7.95. The molecule has 35 heavy (non-hydrogen) atoms. The van der Waals surface area contributed by atoms with E-state index in [-0.39, 0.29) is 38.2 Å². The summed E-state index contributed by atoms with van der Waals surface area (Å²) in [6.45, 7) is 1.83. The van der Waals surface area contributed by atoms with Gasteiger partial charge in [-0.05, 0) is 54.4 Å². The second kappa shape index (κ2) is 11.1. The average Bonchev–Trinajstić information content (AvgIpc) is 3.34. The Balaban J connectivity index is 1.44. The molecule has 1 aliphatic heterocycles. The zero-order chi connectivity index (χ0) is 24.8. The van der Waals surface area contributed by atoms with E-state index in [0.717, 1.165) is 5.56 Å². The Morgan fingerprint density at radius 3 is 2.54 bits per heavy atom. The van der Waals surface area contributed by atoms with Gasteiger partial charge in [0.1, 0.15) is 17.6 Å². The van der Waals surface area contributed by atoms with E-state index in [9.17, 15) is 14.0 Å². The number of ether oxygens (including phenoxy) is 3. The van der Waals surface area contributed by atoms with Crippen molar-refractivity contribution in [2.24, 2.45) is 0 Å². The van der Waals surface area contributed by atoms with Crippen molar-refractivity contribution in [3.63, 3.8) is 0 Å². The Morgan fingerprint density at radius 1 is 1.06 bits per heavy atom. The number of rotatable bonds is 9. The fraction of sp³-hybridized carbons (Fsp3) is 0.231. The number of carbonyl (C=O) groups excluding carboxylic acids is 2. The standard InChI is InChI=1S/C26H24ClFN2O5/c1-17(26(32)29-13-19-8-11-23-24(12-19)35-16-34-23)30(14-18-6-9-20(28)10-7-18)25(31)15-33-22-5-3-2-4-21(22)27/h2-12,17H,13-16H2,1H3,(H,29,32)/t17-/m1/s1. The molecule has 1 heterocycles. The van der Waals surface area contributed by atoms with Gasteiger partial charge in [0.15, 0.2) is 18.1 Å². The predicted octanol–water partition coefficient (Wildman–Crippen LogP) is 4.32. The monoisotopic (exact) mass is 498 g/mol. The smallest absolute Gasteiger partial charge is 0.261 e. The summed E-state index contributed by atoms with van der Waals surface area (Å²) >= 11 is 6.11. The molecule has 0 fully saturated rings. The minimum atomic E-state index is -0.823. The van der Waals surface area contributed by atoms with Crippen molar-refractivity contribution in [3.8, 4) is 17.2 Å². The number of halogens is 2. The topological polar surface area (TPSA) is 77.1 Å². The molecule has 0 aliphatic carbocycles. The molecule has 9 heteroatoms. The summed E-state index contributed by atoms with van der Waals surface area (Å²) in [5.74, 6) is 0.487. The van der Waals surface area contributed by atoms with Crippen molar-refractivity contribution in [2.75, 3.05) is 13.4 Å². The number of nitrogens with one attached hydrogen (secondary N) is 1.